The first-order valence-corrected chi connectivity index (χ1v) is 10.2. The molecule has 0 radical (unpaired) electrons. The van der Waals surface area contributed by atoms with Gasteiger partial charge in [-0.3, -0.25) is 4.31 Å². The van der Waals surface area contributed by atoms with Gasteiger partial charge in [-0.1, -0.05) is 19.1 Å². The number of benzene rings is 1. The molecule has 0 saturated carbocycles. The zero-order valence-electron chi connectivity index (χ0n) is 14.8. The number of aromatic nitrogens is 2. The highest BCUT2D eigenvalue weighted by Gasteiger charge is 2.28. The molecule has 0 amide bonds. The molecule has 1 aromatic heterocycles. The van der Waals surface area contributed by atoms with Gasteiger partial charge in [-0.25, -0.2) is 18.4 Å². The van der Waals surface area contributed by atoms with Gasteiger partial charge < -0.3 is 5.32 Å². The second-order valence-electron chi connectivity index (χ2n) is 6.22. The second-order valence-corrected chi connectivity index (χ2v) is 8.24. The molecular weight excluding hydrogens is 350 g/mol. The Balaban J connectivity index is 1.84. The molecule has 136 valence electrons. The molecule has 2 aromatic rings. The number of hydrogen-bond acceptors (Lipinski definition) is 6. The number of sulfonamides is 1. The molecular formula is C18H21N5O2S. The number of hydrogen-bond donors (Lipinski definition) is 1. The summed E-state index contributed by atoms with van der Waals surface area (Å²) in [4.78, 5) is 8.56. The number of rotatable bonds is 5. The van der Waals surface area contributed by atoms with Gasteiger partial charge in [-0.15, -0.1) is 0 Å². The summed E-state index contributed by atoms with van der Waals surface area (Å²) in [6.07, 6.45) is 1.29. The first-order chi connectivity index (χ1) is 12.4. The highest BCUT2D eigenvalue weighted by Crippen LogP contribution is 2.27. The van der Waals surface area contributed by atoms with Gasteiger partial charge in [0.05, 0.1) is 17.5 Å². The average Bonchev–Trinajstić information content (AvgIpc) is 3.00. The van der Waals surface area contributed by atoms with Gasteiger partial charge in [0.2, 0.25) is 10.0 Å². The lowest BCUT2D eigenvalue weighted by atomic mass is 10.1. The predicted octanol–water partition coefficient (Wildman–Crippen LogP) is 2.62. The summed E-state index contributed by atoms with van der Waals surface area (Å²) < 4.78 is 25.7. The minimum Gasteiger partial charge on any atom is -0.363 e. The van der Waals surface area contributed by atoms with Crippen molar-refractivity contribution in [1.29, 1.82) is 5.26 Å². The number of anilines is 2. The monoisotopic (exact) mass is 371 g/mol. The Labute approximate surface area is 153 Å². The van der Waals surface area contributed by atoms with Crippen molar-refractivity contribution >= 4 is 21.5 Å². The van der Waals surface area contributed by atoms with Gasteiger partial charge >= 0.3 is 0 Å². The number of nitrogens with zero attached hydrogens (tertiary/aromatic N) is 4. The van der Waals surface area contributed by atoms with E-state index in [1.54, 1.807) is 6.07 Å². The zero-order valence-corrected chi connectivity index (χ0v) is 15.6. The molecule has 8 heteroatoms. The van der Waals surface area contributed by atoms with E-state index in [4.69, 9.17) is 5.26 Å². The van der Waals surface area contributed by atoms with Crippen molar-refractivity contribution in [2.24, 2.45) is 0 Å². The molecule has 1 aliphatic heterocycles. The Kier molecular flexibility index (Phi) is 5.09. The molecule has 1 aromatic carbocycles. The fourth-order valence-electron chi connectivity index (χ4n) is 2.97. The molecule has 3 rings (SSSR count). The number of aryl methyl sites for hydroxylation is 1. The van der Waals surface area contributed by atoms with Crippen LogP contribution in [0.25, 0.3) is 0 Å². The molecule has 0 spiro atoms. The van der Waals surface area contributed by atoms with Gasteiger partial charge in [0.15, 0.2) is 0 Å². The lowest BCUT2D eigenvalue weighted by molar-refractivity contribution is 0.599. The van der Waals surface area contributed by atoms with E-state index >= 15 is 0 Å². The molecule has 2 heterocycles. The van der Waals surface area contributed by atoms with E-state index in [1.807, 2.05) is 44.2 Å². The fraction of sp³-hybridized carbons (Fsp3) is 0.389. The maximum atomic E-state index is 12.1. The van der Waals surface area contributed by atoms with Crippen LogP contribution in [0.1, 0.15) is 43.4 Å². The minimum atomic E-state index is -3.20. The van der Waals surface area contributed by atoms with Crippen molar-refractivity contribution in [3.05, 3.63) is 47.4 Å². The van der Waals surface area contributed by atoms with E-state index in [1.165, 1.54) is 4.31 Å². The molecule has 1 saturated heterocycles. The van der Waals surface area contributed by atoms with Crippen molar-refractivity contribution in [2.45, 2.75) is 32.7 Å². The molecule has 1 fully saturated rings. The highest BCUT2D eigenvalue weighted by atomic mass is 32.2. The first-order valence-electron chi connectivity index (χ1n) is 8.58. The Morgan fingerprint density at radius 2 is 2.15 bits per heavy atom. The van der Waals surface area contributed by atoms with E-state index in [-0.39, 0.29) is 11.8 Å². The normalized spacial score (nSPS) is 16.9. The average molecular weight is 371 g/mol. The Morgan fingerprint density at radius 1 is 1.35 bits per heavy atom. The van der Waals surface area contributed by atoms with Crippen molar-refractivity contribution in [3.63, 3.8) is 0 Å². The van der Waals surface area contributed by atoms with Crippen molar-refractivity contribution < 1.29 is 8.42 Å². The largest absolute Gasteiger partial charge is 0.363 e. The van der Waals surface area contributed by atoms with E-state index < -0.39 is 10.0 Å². The molecule has 1 aliphatic rings. The predicted molar refractivity (Wildman–Crippen MR) is 100 cm³/mol. The Bertz CT molecular complexity index is 952. The standard InChI is InChI=1S/C18H21N5O2S/c1-3-17-21-15(12-19)11-18(22-17)20-13(2)14-6-4-7-16(10-14)23-8-5-9-26(23,24)25/h4,6-7,10-11,13H,3,5,8-9H2,1-2H3,(H,20,21,22). The van der Waals surface area contributed by atoms with Crippen LogP contribution in [-0.4, -0.2) is 30.7 Å². The first kappa shape index (κ1) is 18.1. The third-order valence-corrected chi connectivity index (χ3v) is 6.19. The van der Waals surface area contributed by atoms with E-state index in [0.29, 0.717) is 42.4 Å². The minimum absolute atomic E-state index is 0.105. The molecule has 1 N–H and O–H groups in total. The summed E-state index contributed by atoms with van der Waals surface area (Å²) >= 11 is 0. The van der Waals surface area contributed by atoms with Crippen LogP contribution < -0.4 is 9.62 Å². The van der Waals surface area contributed by atoms with Crippen LogP contribution in [0.2, 0.25) is 0 Å². The fourth-order valence-corrected chi connectivity index (χ4v) is 4.53. The van der Waals surface area contributed by atoms with E-state index in [2.05, 4.69) is 15.3 Å². The van der Waals surface area contributed by atoms with E-state index in [0.717, 1.165) is 5.56 Å². The van der Waals surface area contributed by atoms with Crippen LogP contribution in [0, 0.1) is 11.3 Å². The van der Waals surface area contributed by atoms with E-state index in [9.17, 15) is 8.42 Å². The van der Waals surface area contributed by atoms with Crippen molar-refractivity contribution in [1.82, 2.24) is 9.97 Å². The van der Waals surface area contributed by atoms with Crippen LogP contribution in [-0.2, 0) is 16.4 Å². The summed E-state index contributed by atoms with van der Waals surface area (Å²) in [5.41, 5.74) is 1.95. The third kappa shape index (κ3) is 3.78. The quantitative estimate of drug-likeness (QED) is 0.867. The topological polar surface area (TPSA) is 99.0 Å². The van der Waals surface area contributed by atoms with Crippen LogP contribution in [0.5, 0.6) is 0 Å². The van der Waals surface area contributed by atoms with Crippen LogP contribution >= 0.6 is 0 Å². The maximum Gasteiger partial charge on any atom is 0.235 e. The summed E-state index contributed by atoms with van der Waals surface area (Å²) in [5, 5.41) is 12.4. The van der Waals surface area contributed by atoms with Crippen LogP contribution in [0.4, 0.5) is 11.5 Å². The van der Waals surface area contributed by atoms with Gasteiger partial charge in [-0.2, -0.15) is 5.26 Å². The van der Waals surface area contributed by atoms with Crippen molar-refractivity contribution in [3.8, 4) is 6.07 Å². The molecule has 26 heavy (non-hydrogen) atoms. The smallest absolute Gasteiger partial charge is 0.235 e. The third-order valence-electron chi connectivity index (χ3n) is 4.33. The van der Waals surface area contributed by atoms with Gasteiger partial charge in [0.1, 0.15) is 23.4 Å². The Morgan fingerprint density at radius 3 is 2.81 bits per heavy atom. The molecule has 1 atom stereocenters. The maximum absolute atomic E-state index is 12.1. The van der Waals surface area contributed by atoms with Crippen molar-refractivity contribution in [2.75, 3.05) is 21.9 Å². The van der Waals surface area contributed by atoms with Crippen LogP contribution in [0.3, 0.4) is 0 Å². The molecule has 0 bridgehead atoms. The second kappa shape index (κ2) is 7.30. The number of nitriles is 1. The van der Waals surface area contributed by atoms with Gasteiger partial charge in [0, 0.05) is 19.0 Å². The summed E-state index contributed by atoms with van der Waals surface area (Å²) in [5.74, 6) is 1.39. The SMILES string of the molecule is CCc1nc(C#N)cc(NC(C)c2cccc(N3CCCS3(=O)=O)c2)n1. The molecule has 0 aliphatic carbocycles. The summed E-state index contributed by atoms with van der Waals surface area (Å²) in [7, 11) is -3.20. The lowest BCUT2D eigenvalue weighted by Crippen LogP contribution is -2.25. The summed E-state index contributed by atoms with van der Waals surface area (Å²) in [6.45, 7) is 4.42. The lowest BCUT2D eigenvalue weighted by Gasteiger charge is -2.20. The Hall–Kier alpha value is -2.66. The van der Waals surface area contributed by atoms with Gasteiger partial charge in [0.25, 0.3) is 0 Å². The zero-order chi connectivity index (χ0) is 18.7. The van der Waals surface area contributed by atoms with Crippen LogP contribution in [0.15, 0.2) is 30.3 Å². The molecule has 7 nitrogen and oxygen atoms in total. The number of nitrogens with one attached hydrogen (secondary N) is 1. The van der Waals surface area contributed by atoms with Gasteiger partial charge in [-0.05, 0) is 31.0 Å². The summed E-state index contributed by atoms with van der Waals surface area (Å²) in [6, 6.07) is 11.0. The molecule has 1 unspecified atom stereocenters. The highest BCUT2D eigenvalue weighted by molar-refractivity contribution is 7.93.